The molecule has 1 aromatic carbocycles. The van der Waals surface area contributed by atoms with Gasteiger partial charge in [-0.2, -0.15) is 0 Å². The van der Waals surface area contributed by atoms with Crippen molar-refractivity contribution in [2.24, 2.45) is 0 Å². The van der Waals surface area contributed by atoms with Crippen molar-refractivity contribution in [2.75, 3.05) is 5.73 Å². The average molecular weight is 287 g/mol. The van der Waals surface area contributed by atoms with Crippen molar-refractivity contribution in [3.8, 4) is 0 Å². The van der Waals surface area contributed by atoms with Gasteiger partial charge in [0.25, 0.3) is 0 Å². The summed E-state index contributed by atoms with van der Waals surface area (Å²) in [6.45, 7) is 2.52. The average Bonchev–Trinajstić information content (AvgIpc) is 3.15. The number of nitrogen functional groups attached to an aromatic ring is 1. The van der Waals surface area contributed by atoms with Gasteiger partial charge >= 0.3 is 0 Å². The highest BCUT2D eigenvalue weighted by Crippen LogP contribution is 2.48. The van der Waals surface area contributed by atoms with Crippen LogP contribution < -0.4 is 11.1 Å². The van der Waals surface area contributed by atoms with Gasteiger partial charge in [0.2, 0.25) is 5.91 Å². The Morgan fingerprint density at radius 3 is 2.65 bits per heavy atom. The highest BCUT2D eigenvalue weighted by Gasteiger charge is 2.51. The van der Waals surface area contributed by atoms with E-state index in [2.05, 4.69) is 10.3 Å². The Bertz CT molecular complexity index is 629. The maximum absolute atomic E-state index is 12.5. The summed E-state index contributed by atoms with van der Waals surface area (Å²) < 4.78 is 0. The van der Waals surface area contributed by atoms with E-state index in [4.69, 9.17) is 5.73 Å². The van der Waals surface area contributed by atoms with Gasteiger partial charge in [0.1, 0.15) is 0 Å². The molecule has 0 saturated heterocycles. The Morgan fingerprint density at radius 1 is 1.40 bits per heavy atom. The molecule has 4 nitrogen and oxygen atoms in total. The van der Waals surface area contributed by atoms with Crippen molar-refractivity contribution in [2.45, 2.75) is 31.7 Å². The second kappa shape index (κ2) is 4.90. The number of nitrogens with zero attached hydrogens (tertiary/aromatic N) is 1. The highest BCUT2D eigenvalue weighted by atomic mass is 32.1. The lowest BCUT2D eigenvalue weighted by atomic mass is 9.95. The van der Waals surface area contributed by atoms with Gasteiger partial charge in [-0.05, 0) is 37.5 Å². The van der Waals surface area contributed by atoms with Gasteiger partial charge in [-0.3, -0.25) is 4.79 Å². The Hall–Kier alpha value is -1.88. The number of benzene rings is 1. The zero-order valence-corrected chi connectivity index (χ0v) is 12.2. The molecule has 1 aliphatic rings. The largest absolute Gasteiger partial charge is 0.399 e. The first-order valence-corrected chi connectivity index (χ1v) is 7.53. The molecule has 1 aliphatic carbocycles. The van der Waals surface area contributed by atoms with E-state index in [1.807, 2.05) is 36.7 Å². The summed E-state index contributed by atoms with van der Waals surface area (Å²) in [5, 5.41) is 3.04. The molecule has 0 aliphatic heterocycles. The second-order valence-electron chi connectivity index (χ2n) is 5.25. The lowest BCUT2D eigenvalue weighted by Gasteiger charge is -2.15. The molecule has 3 N–H and O–H groups in total. The van der Waals surface area contributed by atoms with Crippen LogP contribution in [0.3, 0.4) is 0 Å². The summed E-state index contributed by atoms with van der Waals surface area (Å²) in [5.41, 5.74) is 9.95. The first kappa shape index (κ1) is 13.1. The van der Waals surface area contributed by atoms with Crippen molar-refractivity contribution in [1.82, 2.24) is 10.3 Å². The monoisotopic (exact) mass is 287 g/mol. The number of aryl methyl sites for hydroxylation is 1. The molecule has 0 bridgehead atoms. The van der Waals surface area contributed by atoms with Crippen LogP contribution in [0.2, 0.25) is 0 Å². The van der Waals surface area contributed by atoms with Crippen molar-refractivity contribution in [3.05, 3.63) is 45.9 Å². The minimum atomic E-state index is -0.341. The summed E-state index contributed by atoms with van der Waals surface area (Å²) in [5.74, 6) is 0.107. The van der Waals surface area contributed by atoms with E-state index in [9.17, 15) is 4.79 Å². The summed E-state index contributed by atoms with van der Waals surface area (Å²) >= 11 is 1.58. The van der Waals surface area contributed by atoms with Crippen LogP contribution in [0.5, 0.6) is 0 Å². The minimum absolute atomic E-state index is 0.107. The first-order chi connectivity index (χ1) is 9.62. The molecule has 1 aromatic heterocycles. The molecule has 1 amide bonds. The SMILES string of the molecule is Cc1ncsc1CNC(=O)C1(c2ccc(N)cc2)CC1. The summed E-state index contributed by atoms with van der Waals surface area (Å²) in [6, 6.07) is 7.63. The fourth-order valence-electron chi connectivity index (χ4n) is 2.40. The molecule has 0 spiro atoms. The maximum atomic E-state index is 12.5. The van der Waals surface area contributed by atoms with Gasteiger partial charge < -0.3 is 11.1 Å². The molecule has 3 rings (SSSR count). The summed E-state index contributed by atoms with van der Waals surface area (Å²) in [6.07, 6.45) is 1.81. The molecule has 0 unspecified atom stereocenters. The molecule has 1 heterocycles. The van der Waals surface area contributed by atoms with Crippen LogP contribution in [0.25, 0.3) is 0 Å². The lowest BCUT2D eigenvalue weighted by molar-refractivity contribution is -0.123. The highest BCUT2D eigenvalue weighted by molar-refractivity contribution is 7.09. The van der Waals surface area contributed by atoms with Gasteiger partial charge in [-0.1, -0.05) is 12.1 Å². The Labute approximate surface area is 122 Å². The Balaban J connectivity index is 1.70. The van der Waals surface area contributed by atoms with Gasteiger partial charge in [0, 0.05) is 10.6 Å². The molecule has 5 heteroatoms. The third-order valence-electron chi connectivity index (χ3n) is 3.90. The number of nitrogens with one attached hydrogen (secondary N) is 1. The van der Waals surface area contributed by atoms with Crippen LogP contribution in [-0.2, 0) is 16.8 Å². The summed E-state index contributed by atoms with van der Waals surface area (Å²) in [4.78, 5) is 17.8. The third kappa shape index (κ3) is 2.29. The first-order valence-electron chi connectivity index (χ1n) is 6.65. The van der Waals surface area contributed by atoms with E-state index >= 15 is 0 Å². The third-order valence-corrected chi connectivity index (χ3v) is 4.84. The van der Waals surface area contributed by atoms with E-state index in [1.54, 1.807) is 11.3 Å². The van der Waals surface area contributed by atoms with E-state index < -0.39 is 0 Å². The molecular weight excluding hydrogens is 270 g/mol. The predicted molar refractivity (Wildman–Crippen MR) is 80.5 cm³/mol. The fraction of sp³-hybridized carbons (Fsp3) is 0.333. The zero-order chi connectivity index (χ0) is 14.2. The van der Waals surface area contributed by atoms with Gasteiger partial charge in [0.05, 0.1) is 23.2 Å². The number of anilines is 1. The number of thiazole rings is 1. The Morgan fingerprint density at radius 2 is 2.10 bits per heavy atom. The van der Waals surface area contributed by atoms with Crippen LogP contribution >= 0.6 is 11.3 Å². The number of hydrogen-bond donors (Lipinski definition) is 2. The Kier molecular flexibility index (Phi) is 3.22. The number of hydrogen-bond acceptors (Lipinski definition) is 4. The molecule has 1 saturated carbocycles. The van der Waals surface area contributed by atoms with E-state index in [-0.39, 0.29) is 11.3 Å². The van der Waals surface area contributed by atoms with E-state index in [0.717, 1.165) is 34.7 Å². The van der Waals surface area contributed by atoms with Crippen molar-refractivity contribution < 1.29 is 4.79 Å². The van der Waals surface area contributed by atoms with Crippen LogP contribution in [0.1, 0.15) is 29.0 Å². The summed E-state index contributed by atoms with van der Waals surface area (Å²) in [7, 11) is 0. The number of carbonyl (C=O) groups is 1. The predicted octanol–water partition coefficient (Wildman–Crippen LogP) is 2.38. The zero-order valence-electron chi connectivity index (χ0n) is 11.3. The molecule has 0 atom stereocenters. The lowest BCUT2D eigenvalue weighted by Crippen LogP contribution is -2.34. The molecule has 104 valence electrons. The van der Waals surface area contributed by atoms with Gasteiger partial charge in [0.15, 0.2) is 0 Å². The van der Waals surface area contributed by atoms with Crippen molar-refractivity contribution in [1.29, 1.82) is 0 Å². The van der Waals surface area contributed by atoms with Crippen LogP contribution in [0.4, 0.5) is 5.69 Å². The molecule has 1 fully saturated rings. The van der Waals surface area contributed by atoms with Crippen LogP contribution in [0, 0.1) is 6.92 Å². The van der Waals surface area contributed by atoms with Gasteiger partial charge in [-0.25, -0.2) is 4.98 Å². The molecule has 20 heavy (non-hydrogen) atoms. The van der Waals surface area contributed by atoms with Crippen molar-refractivity contribution in [3.63, 3.8) is 0 Å². The number of carbonyl (C=O) groups excluding carboxylic acids is 1. The van der Waals surface area contributed by atoms with Crippen molar-refractivity contribution >= 4 is 22.9 Å². The number of amides is 1. The molecular formula is C15H17N3OS. The second-order valence-corrected chi connectivity index (χ2v) is 6.19. The van der Waals surface area contributed by atoms with E-state index in [0.29, 0.717) is 6.54 Å². The van der Waals surface area contributed by atoms with Gasteiger partial charge in [-0.15, -0.1) is 11.3 Å². The van der Waals surface area contributed by atoms with Crippen LogP contribution in [0.15, 0.2) is 29.8 Å². The topological polar surface area (TPSA) is 68.0 Å². The van der Waals surface area contributed by atoms with Crippen LogP contribution in [-0.4, -0.2) is 10.9 Å². The number of rotatable bonds is 4. The maximum Gasteiger partial charge on any atom is 0.230 e. The normalized spacial score (nSPS) is 15.8. The number of nitrogens with two attached hydrogens (primary N) is 1. The quantitative estimate of drug-likeness (QED) is 0.848. The number of aromatic nitrogens is 1. The minimum Gasteiger partial charge on any atom is -0.399 e. The molecule has 2 aromatic rings. The standard InChI is InChI=1S/C15H17N3OS/c1-10-13(20-9-18-10)8-17-14(19)15(6-7-15)11-2-4-12(16)5-3-11/h2-5,9H,6-8,16H2,1H3,(H,17,19). The molecule has 0 radical (unpaired) electrons. The smallest absolute Gasteiger partial charge is 0.230 e. The van der Waals surface area contributed by atoms with E-state index in [1.165, 1.54) is 0 Å². The fourth-order valence-corrected chi connectivity index (χ4v) is 3.12.